The third-order valence-corrected chi connectivity index (χ3v) is 5.17. The normalized spacial score (nSPS) is 26.4. The highest BCUT2D eigenvalue weighted by atomic mass is 31.2. The summed E-state index contributed by atoms with van der Waals surface area (Å²) in [5.74, 6) is 0. The van der Waals surface area contributed by atoms with E-state index in [1.165, 1.54) is 19.3 Å². The quantitative estimate of drug-likeness (QED) is 0.605. The van der Waals surface area contributed by atoms with Crippen LogP contribution in [0.4, 0.5) is 0 Å². The van der Waals surface area contributed by atoms with Crippen LogP contribution in [-0.2, 0) is 9.09 Å². The monoisotopic (exact) mass is 176 g/mol. The molecule has 0 heterocycles. The second kappa shape index (κ2) is 3.73. The summed E-state index contributed by atoms with van der Waals surface area (Å²) in [6, 6.07) is 0. The highest BCUT2D eigenvalue weighted by molar-refractivity contribution is 7.58. The Bertz CT molecular complexity index is 161. The molecule has 0 saturated heterocycles. The van der Waals surface area contributed by atoms with Gasteiger partial charge in [-0.3, -0.25) is 4.57 Å². The summed E-state index contributed by atoms with van der Waals surface area (Å²) in [6.07, 6.45) is 5.96. The first-order chi connectivity index (χ1) is 5.17. The Morgan fingerprint density at radius 3 is 2.27 bits per heavy atom. The lowest BCUT2D eigenvalue weighted by atomic mass is 10.0. The van der Waals surface area contributed by atoms with Gasteiger partial charge in [0, 0.05) is 19.4 Å². The summed E-state index contributed by atoms with van der Waals surface area (Å²) < 4.78 is 16.7. The van der Waals surface area contributed by atoms with Crippen LogP contribution in [0.15, 0.2) is 0 Å². The summed E-state index contributed by atoms with van der Waals surface area (Å²) in [6.45, 7) is 1.77. The molecule has 1 aliphatic carbocycles. The van der Waals surface area contributed by atoms with Crippen molar-refractivity contribution in [3.8, 4) is 0 Å². The second-order valence-electron chi connectivity index (χ2n) is 3.38. The Morgan fingerprint density at radius 1 is 1.27 bits per heavy atom. The zero-order valence-electron chi connectivity index (χ0n) is 7.38. The van der Waals surface area contributed by atoms with E-state index < -0.39 is 7.37 Å². The molecule has 1 unspecified atom stereocenters. The van der Waals surface area contributed by atoms with Gasteiger partial charge >= 0.3 is 0 Å². The SMILES string of the molecule is COP(C)(=O)C1CCCCC1. The molecule has 11 heavy (non-hydrogen) atoms. The van der Waals surface area contributed by atoms with Gasteiger partial charge in [-0.05, 0) is 12.8 Å². The zero-order valence-corrected chi connectivity index (χ0v) is 8.27. The number of hydrogen-bond donors (Lipinski definition) is 0. The first-order valence-corrected chi connectivity index (χ1v) is 6.44. The predicted molar refractivity (Wildman–Crippen MR) is 47.4 cm³/mol. The molecular weight excluding hydrogens is 159 g/mol. The van der Waals surface area contributed by atoms with Gasteiger partial charge in [0.1, 0.15) is 0 Å². The van der Waals surface area contributed by atoms with Crippen LogP contribution in [0, 0.1) is 0 Å². The van der Waals surface area contributed by atoms with Crippen molar-refractivity contribution in [3.05, 3.63) is 0 Å². The van der Waals surface area contributed by atoms with E-state index in [1.807, 2.05) is 0 Å². The molecule has 66 valence electrons. The van der Waals surface area contributed by atoms with Gasteiger partial charge < -0.3 is 4.52 Å². The molecule has 3 heteroatoms. The maximum absolute atomic E-state index is 11.7. The van der Waals surface area contributed by atoms with Gasteiger partial charge in [-0.15, -0.1) is 0 Å². The molecule has 0 radical (unpaired) electrons. The van der Waals surface area contributed by atoms with Crippen LogP contribution in [0.25, 0.3) is 0 Å². The van der Waals surface area contributed by atoms with Crippen LogP contribution in [0.3, 0.4) is 0 Å². The highest BCUT2D eigenvalue weighted by Gasteiger charge is 2.28. The van der Waals surface area contributed by atoms with E-state index in [1.54, 1.807) is 13.8 Å². The van der Waals surface area contributed by atoms with Crippen molar-refractivity contribution in [1.82, 2.24) is 0 Å². The summed E-state index contributed by atoms with van der Waals surface area (Å²) in [7, 11) is -0.684. The second-order valence-corrected chi connectivity index (χ2v) is 6.30. The maximum Gasteiger partial charge on any atom is 0.202 e. The van der Waals surface area contributed by atoms with Crippen LogP contribution in [0.5, 0.6) is 0 Å². The molecule has 0 N–H and O–H groups in total. The number of hydrogen-bond acceptors (Lipinski definition) is 2. The van der Waals surface area contributed by atoms with Gasteiger partial charge in [-0.1, -0.05) is 19.3 Å². The Hall–Kier alpha value is 0.190. The fraction of sp³-hybridized carbons (Fsp3) is 1.00. The van der Waals surface area contributed by atoms with Gasteiger partial charge in [0.05, 0.1) is 0 Å². The highest BCUT2D eigenvalue weighted by Crippen LogP contribution is 2.52. The molecule has 0 aromatic rings. The zero-order chi connectivity index (χ0) is 8.32. The van der Waals surface area contributed by atoms with Crippen molar-refractivity contribution < 1.29 is 9.09 Å². The molecule has 1 rings (SSSR count). The molecule has 0 bridgehead atoms. The van der Waals surface area contributed by atoms with E-state index in [9.17, 15) is 4.57 Å². The first kappa shape index (κ1) is 9.28. The maximum atomic E-state index is 11.7. The molecule has 0 spiro atoms. The van der Waals surface area contributed by atoms with Crippen LogP contribution in [0.2, 0.25) is 0 Å². The first-order valence-electron chi connectivity index (χ1n) is 4.30. The minimum atomic E-state index is -2.25. The molecule has 0 aromatic heterocycles. The topological polar surface area (TPSA) is 26.3 Å². The molecule has 1 atom stereocenters. The molecule has 0 aromatic carbocycles. The van der Waals surface area contributed by atoms with E-state index in [-0.39, 0.29) is 0 Å². The largest absolute Gasteiger partial charge is 0.332 e. The lowest BCUT2D eigenvalue weighted by Gasteiger charge is -2.26. The summed E-state index contributed by atoms with van der Waals surface area (Å²) in [5, 5.41) is 0. The molecule has 0 amide bonds. The third-order valence-electron chi connectivity index (χ3n) is 2.60. The lowest BCUT2D eigenvalue weighted by Crippen LogP contribution is -2.13. The van der Waals surface area contributed by atoms with Crippen molar-refractivity contribution >= 4 is 7.37 Å². The molecule has 1 aliphatic rings. The van der Waals surface area contributed by atoms with E-state index in [4.69, 9.17) is 4.52 Å². The van der Waals surface area contributed by atoms with E-state index in [0.29, 0.717) is 5.66 Å². The van der Waals surface area contributed by atoms with Crippen LogP contribution < -0.4 is 0 Å². The standard InChI is InChI=1S/C8H17O2P/c1-10-11(2,9)8-6-4-3-5-7-8/h8H,3-7H2,1-2H3. The van der Waals surface area contributed by atoms with Crippen molar-refractivity contribution in [2.24, 2.45) is 0 Å². The molecular formula is C8H17O2P. The lowest BCUT2D eigenvalue weighted by molar-refractivity contribution is 0.369. The Labute approximate surface area is 68.8 Å². The Morgan fingerprint density at radius 2 is 1.82 bits per heavy atom. The van der Waals surface area contributed by atoms with Gasteiger partial charge in [-0.2, -0.15) is 0 Å². The van der Waals surface area contributed by atoms with Gasteiger partial charge in [0.2, 0.25) is 7.37 Å². The average Bonchev–Trinajstić information content (AvgIpc) is 2.06. The van der Waals surface area contributed by atoms with E-state index >= 15 is 0 Å². The van der Waals surface area contributed by atoms with Crippen molar-refractivity contribution in [2.45, 2.75) is 37.8 Å². The van der Waals surface area contributed by atoms with Gasteiger partial charge in [0.15, 0.2) is 0 Å². The van der Waals surface area contributed by atoms with E-state index in [0.717, 1.165) is 12.8 Å². The van der Waals surface area contributed by atoms with Crippen LogP contribution >= 0.6 is 7.37 Å². The molecule has 0 aliphatic heterocycles. The van der Waals surface area contributed by atoms with Crippen LogP contribution in [0.1, 0.15) is 32.1 Å². The van der Waals surface area contributed by atoms with Crippen molar-refractivity contribution in [2.75, 3.05) is 13.8 Å². The fourth-order valence-electron chi connectivity index (χ4n) is 1.70. The minimum absolute atomic E-state index is 0.348. The minimum Gasteiger partial charge on any atom is -0.332 e. The van der Waals surface area contributed by atoms with Crippen molar-refractivity contribution in [1.29, 1.82) is 0 Å². The third kappa shape index (κ3) is 2.31. The average molecular weight is 176 g/mol. The smallest absolute Gasteiger partial charge is 0.202 e. The fourth-order valence-corrected chi connectivity index (χ4v) is 3.30. The Balaban J connectivity index is 2.51. The predicted octanol–water partition coefficient (Wildman–Crippen LogP) is 2.87. The van der Waals surface area contributed by atoms with Crippen molar-refractivity contribution in [3.63, 3.8) is 0 Å². The Kier molecular flexibility index (Phi) is 3.15. The van der Waals surface area contributed by atoms with Gasteiger partial charge in [0.25, 0.3) is 0 Å². The molecule has 1 fully saturated rings. The number of rotatable bonds is 2. The molecule has 1 saturated carbocycles. The van der Waals surface area contributed by atoms with E-state index in [2.05, 4.69) is 0 Å². The summed E-state index contributed by atoms with van der Waals surface area (Å²) >= 11 is 0. The molecule has 2 nitrogen and oxygen atoms in total. The summed E-state index contributed by atoms with van der Waals surface area (Å²) in [5.41, 5.74) is 0.348. The van der Waals surface area contributed by atoms with Crippen LogP contribution in [-0.4, -0.2) is 19.4 Å². The summed E-state index contributed by atoms with van der Waals surface area (Å²) in [4.78, 5) is 0. The van der Waals surface area contributed by atoms with Gasteiger partial charge in [-0.25, -0.2) is 0 Å².